The van der Waals surface area contributed by atoms with Gasteiger partial charge in [-0.15, -0.1) is 0 Å². The second-order valence-corrected chi connectivity index (χ2v) is 7.37. The van der Waals surface area contributed by atoms with Crippen LogP contribution in [0.1, 0.15) is 26.3 Å². The van der Waals surface area contributed by atoms with Crippen LogP contribution >= 0.6 is 0 Å². The third-order valence-corrected chi connectivity index (χ3v) is 5.02. The molecule has 156 valence electrons. The summed E-state index contributed by atoms with van der Waals surface area (Å²) in [5.41, 5.74) is 2.02. The van der Waals surface area contributed by atoms with E-state index in [4.69, 9.17) is 4.74 Å². The summed E-state index contributed by atoms with van der Waals surface area (Å²) in [6, 6.07) is 8.31. The standard InChI is InChI=1S/C21H35N5O2/c1-5-17-7-6-8-18(13-17)25-20(27)15-24-21(22-4)23-14-19(16(2)3)26-9-11-28-12-10-26/h6-8,13,16,19H,5,9-12,14-15H2,1-4H3,(H,25,27)(H2,22,23,24). The van der Waals surface area contributed by atoms with Crippen LogP contribution in [0.25, 0.3) is 0 Å². The molecule has 1 fully saturated rings. The number of aliphatic imine (C=N–C) groups is 1. The van der Waals surface area contributed by atoms with Gasteiger partial charge in [0.15, 0.2) is 5.96 Å². The number of anilines is 1. The Balaban J connectivity index is 1.80. The van der Waals surface area contributed by atoms with Crippen LogP contribution in [0.15, 0.2) is 29.3 Å². The van der Waals surface area contributed by atoms with Gasteiger partial charge < -0.3 is 20.7 Å². The lowest BCUT2D eigenvalue weighted by Crippen LogP contribution is -2.53. The van der Waals surface area contributed by atoms with Crippen LogP contribution in [-0.4, -0.2) is 69.2 Å². The summed E-state index contributed by atoms with van der Waals surface area (Å²) >= 11 is 0. The van der Waals surface area contributed by atoms with Gasteiger partial charge in [-0.2, -0.15) is 0 Å². The third-order valence-electron chi connectivity index (χ3n) is 5.02. The molecule has 0 aromatic heterocycles. The van der Waals surface area contributed by atoms with E-state index < -0.39 is 0 Å². The van der Waals surface area contributed by atoms with Gasteiger partial charge in [0.2, 0.25) is 5.91 Å². The zero-order chi connectivity index (χ0) is 20.4. The molecule has 3 N–H and O–H groups in total. The maximum Gasteiger partial charge on any atom is 0.243 e. The molecule has 7 heteroatoms. The van der Waals surface area contributed by atoms with Crippen molar-refractivity contribution in [1.82, 2.24) is 15.5 Å². The fourth-order valence-corrected chi connectivity index (χ4v) is 3.36. The summed E-state index contributed by atoms with van der Waals surface area (Å²) in [6.07, 6.45) is 0.943. The molecule has 0 bridgehead atoms. The maximum absolute atomic E-state index is 12.2. The van der Waals surface area contributed by atoms with E-state index >= 15 is 0 Å². The first kappa shape index (κ1) is 22.2. The number of nitrogens with zero attached hydrogens (tertiary/aromatic N) is 2. The molecule has 1 unspecified atom stereocenters. The first-order valence-corrected chi connectivity index (χ1v) is 10.2. The molecule has 0 radical (unpaired) electrons. The molecule has 2 rings (SSSR count). The van der Waals surface area contributed by atoms with Gasteiger partial charge in [0.05, 0.1) is 19.8 Å². The molecule has 1 heterocycles. The predicted molar refractivity (Wildman–Crippen MR) is 115 cm³/mol. The summed E-state index contributed by atoms with van der Waals surface area (Å²) in [5.74, 6) is 1.05. The monoisotopic (exact) mass is 389 g/mol. The number of benzene rings is 1. The fourth-order valence-electron chi connectivity index (χ4n) is 3.36. The SMILES string of the molecule is CCc1cccc(NC(=O)CNC(=NC)NCC(C(C)C)N2CCOCC2)c1. The lowest BCUT2D eigenvalue weighted by molar-refractivity contribution is -0.115. The number of carbonyl (C=O) groups is 1. The molecule has 0 saturated carbocycles. The van der Waals surface area contributed by atoms with Crippen molar-refractivity contribution in [3.05, 3.63) is 29.8 Å². The van der Waals surface area contributed by atoms with Gasteiger partial charge in [0.25, 0.3) is 0 Å². The van der Waals surface area contributed by atoms with Gasteiger partial charge in [0.1, 0.15) is 0 Å². The Morgan fingerprint density at radius 2 is 2.00 bits per heavy atom. The van der Waals surface area contributed by atoms with Crippen LogP contribution < -0.4 is 16.0 Å². The van der Waals surface area contributed by atoms with E-state index in [1.54, 1.807) is 7.05 Å². The van der Waals surface area contributed by atoms with E-state index in [-0.39, 0.29) is 12.5 Å². The molecule has 28 heavy (non-hydrogen) atoms. The highest BCUT2D eigenvalue weighted by molar-refractivity contribution is 5.95. The van der Waals surface area contributed by atoms with Crippen molar-refractivity contribution in [3.8, 4) is 0 Å². The topological polar surface area (TPSA) is 78.0 Å². The molecular weight excluding hydrogens is 354 g/mol. The number of rotatable bonds is 8. The highest BCUT2D eigenvalue weighted by Gasteiger charge is 2.23. The van der Waals surface area contributed by atoms with E-state index in [9.17, 15) is 4.79 Å². The van der Waals surface area contributed by atoms with Crippen LogP contribution in [0.4, 0.5) is 5.69 Å². The van der Waals surface area contributed by atoms with E-state index in [2.05, 4.69) is 52.7 Å². The van der Waals surface area contributed by atoms with Crippen LogP contribution in [0.3, 0.4) is 0 Å². The van der Waals surface area contributed by atoms with Gasteiger partial charge in [-0.25, -0.2) is 0 Å². The van der Waals surface area contributed by atoms with Gasteiger partial charge in [-0.1, -0.05) is 32.9 Å². The molecule has 7 nitrogen and oxygen atoms in total. The fraction of sp³-hybridized carbons (Fsp3) is 0.619. The molecule has 0 aliphatic carbocycles. The molecule has 1 aliphatic heterocycles. The maximum atomic E-state index is 12.2. The minimum atomic E-state index is -0.0928. The molecule has 0 spiro atoms. The second kappa shape index (κ2) is 11.7. The summed E-state index contributed by atoms with van der Waals surface area (Å²) in [6.45, 7) is 11.0. The lowest BCUT2D eigenvalue weighted by Gasteiger charge is -2.37. The van der Waals surface area contributed by atoms with Gasteiger partial charge in [-0.05, 0) is 30.0 Å². The molecule has 1 aliphatic rings. The van der Waals surface area contributed by atoms with E-state index in [1.807, 2.05) is 18.2 Å². The van der Waals surface area contributed by atoms with Crippen molar-refractivity contribution < 1.29 is 9.53 Å². The zero-order valence-electron chi connectivity index (χ0n) is 17.6. The largest absolute Gasteiger partial charge is 0.379 e. The van der Waals surface area contributed by atoms with Gasteiger partial charge in [0, 0.05) is 38.4 Å². The predicted octanol–water partition coefficient (Wildman–Crippen LogP) is 1.71. The lowest BCUT2D eigenvalue weighted by atomic mass is 10.0. The molecule has 1 saturated heterocycles. The number of ether oxygens (including phenoxy) is 1. The molecule has 1 atom stereocenters. The Kier molecular flexibility index (Phi) is 9.23. The van der Waals surface area contributed by atoms with Gasteiger partial charge >= 0.3 is 0 Å². The van der Waals surface area contributed by atoms with E-state index in [1.165, 1.54) is 5.56 Å². The van der Waals surface area contributed by atoms with E-state index in [0.29, 0.717) is 17.9 Å². The normalized spacial score (nSPS) is 16.7. The van der Waals surface area contributed by atoms with Crippen molar-refractivity contribution in [2.24, 2.45) is 10.9 Å². The smallest absolute Gasteiger partial charge is 0.243 e. The molecule has 1 aromatic carbocycles. The van der Waals surface area contributed by atoms with Crippen LogP contribution in [0.5, 0.6) is 0 Å². The Bertz CT molecular complexity index is 641. The number of hydrogen-bond donors (Lipinski definition) is 3. The second-order valence-electron chi connectivity index (χ2n) is 7.37. The molecule has 1 amide bonds. The average Bonchev–Trinajstić information content (AvgIpc) is 2.71. The minimum absolute atomic E-state index is 0.0928. The third kappa shape index (κ3) is 7.13. The van der Waals surface area contributed by atoms with Gasteiger partial charge in [-0.3, -0.25) is 14.7 Å². The highest BCUT2D eigenvalue weighted by atomic mass is 16.5. The Hall–Kier alpha value is -2.12. The highest BCUT2D eigenvalue weighted by Crippen LogP contribution is 2.12. The summed E-state index contributed by atoms with van der Waals surface area (Å²) < 4.78 is 5.46. The number of guanidine groups is 1. The van der Waals surface area contributed by atoms with Crippen molar-refractivity contribution in [2.45, 2.75) is 33.2 Å². The van der Waals surface area contributed by atoms with Crippen molar-refractivity contribution in [1.29, 1.82) is 0 Å². The van der Waals surface area contributed by atoms with Crippen LogP contribution in [0, 0.1) is 5.92 Å². The number of hydrogen-bond acceptors (Lipinski definition) is 4. The first-order valence-electron chi connectivity index (χ1n) is 10.2. The number of morpholine rings is 1. The summed E-state index contributed by atoms with van der Waals surface area (Å²) in [4.78, 5) is 18.9. The van der Waals surface area contributed by atoms with Crippen molar-refractivity contribution >= 4 is 17.6 Å². The van der Waals surface area contributed by atoms with E-state index in [0.717, 1.165) is 45.0 Å². The van der Waals surface area contributed by atoms with Crippen LogP contribution in [0.2, 0.25) is 0 Å². The Morgan fingerprint density at radius 3 is 2.64 bits per heavy atom. The summed E-state index contributed by atoms with van der Waals surface area (Å²) in [5, 5.41) is 9.39. The molecule has 1 aromatic rings. The first-order chi connectivity index (χ1) is 13.5. The van der Waals surface area contributed by atoms with Crippen molar-refractivity contribution in [3.63, 3.8) is 0 Å². The Morgan fingerprint density at radius 1 is 1.25 bits per heavy atom. The zero-order valence-corrected chi connectivity index (χ0v) is 17.6. The minimum Gasteiger partial charge on any atom is -0.379 e. The Labute approximate surface area is 168 Å². The number of nitrogens with one attached hydrogen (secondary N) is 3. The quantitative estimate of drug-likeness (QED) is 0.466. The summed E-state index contributed by atoms with van der Waals surface area (Å²) in [7, 11) is 1.72. The number of amides is 1. The number of aryl methyl sites for hydroxylation is 1. The van der Waals surface area contributed by atoms with Crippen LogP contribution in [-0.2, 0) is 16.0 Å². The average molecular weight is 390 g/mol. The van der Waals surface area contributed by atoms with Crippen molar-refractivity contribution in [2.75, 3.05) is 51.8 Å². The number of carbonyl (C=O) groups excluding carboxylic acids is 1. The molecular formula is C21H35N5O2.